The van der Waals surface area contributed by atoms with E-state index in [1.165, 1.54) is 24.3 Å². The van der Waals surface area contributed by atoms with Crippen molar-refractivity contribution in [2.75, 3.05) is 31.4 Å². The molecule has 0 heterocycles. The van der Waals surface area contributed by atoms with Gasteiger partial charge in [0.2, 0.25) is 12.7 Å². The molecule has 0 saturated carbocycles. The fourth-order valence-electron chi connectivity index (χ4n) is 3.23. The van der Waals surface area contributed by atoms with Gasteiger partial charge in [0.1, 0.15) is 25.8 Å². The van der Waals surface area contributed by atoms with Crippen molar-refractivity contribution in [1.29, 1.82) is 0 Å². The molecule has 202 valence electrons. The Kier molecular flexibility index (Phi) is 15.4. The Bertz CT molecular complexity index is 867. The maximum atomic E-state index is 13.8. The number of carboxylic acids is 1. The highest BCUT2D eigenvalue weighted by Gasteiger charge is 2.44. The van der Waals surface area contributed by atoms with Gasteiger partial charge in [0.15, 0.2) is 0 Å². The van der Waals surface area contributed by atoms with Gasteiger partial charge in [-0.15, -0.1) is 26.3 Å². The van der Waals surface area contributed by atoms with Gasteiger partial charge in [0, 0.05) is 37.5 Å². The lowest BCUT2D eigenvalue weighted by atomic mass is 10.1. The van der Waals surface area contributed by atoms with Gasteiger partial charge in [0.25, 0.3) is 0 Å². The van der Waals surface area contributed by atoms with E-state index in [4.69, 9.17) is 0 Å². The maximum absolute atomic E-state index is 13.8. The first-order valence-electron chi connectivity index (χ1n) is 11.1. The predicted molar refractivity (Wildman–Crippen MR) is 139 cm³/mol. The van der Waals surface area contributed by atoms with Crippen LogP contribution in [-0.2, 0) is 33.0 Å². The number of carbonyl (C=O) groups is 4. The number of amides is 2. The average Bonchev–Trinajstić information content (AvgIpc) is 2.80. The number of alkyl carbamates (subject to hydrolysis) is 1. The summed E-state index contributed by atoms with van der Waals surface area (Å²) in [6.07, 6.45) is 3.82. The number of hydrogen-bond acceptors (Lipinski definition) is 8. The van der Waals surface area contributed by atoms with Gasteiger partial charge in [-0.2, -0.15) is 0 Å². The standard InChI is InChI=1S/C23H36N2O9P2/c1-6-13-35(31,14-7-2)23(36(32,15-8-3)16-9-4)25-19(26)12-11-18(21(28)29)24-22(30)34-17-33-20(27)10-5/h6-9,18,23H,1-4,10-17H2,5H3,(H,24,30)(H,25,26)(H,28,29)/t18-/m0/s1. The normalized spacial score (nSPS) is 12.1. The van der Waals surface area contributed by atoms with Crippen molar-refractivity contribution in [3.8, 4) is 0 Å². The summed E-state index contributed by atoms with van der Waals surface area (Å²) in [5, 5.41) is 14.0. The van der Waals surface area contributed by atoms with Crippen molar-refractivity contribution in [3.63, 3.8) is 0 Å². The van der Waals surface area contributed by atoms with Crippen LogP contribution in [0, 0.1) is 0 Å². The molecule has 0 unspecified atom stereocenters. The second-order valence-electron chi connectivity index (χ2n) is 7.72. The van der Waals surface area contributed by atoms with E-state index in [9.17, 15) is 33.4 Å². The molecule has 0 spiro atoms. The molecule has 36 heavy (non-hydrogen) atoms. The van der Waals surface area contributed by atoms with Crippen LogP contribution in [0.2, 0.25) is 0 Å². The van der Waals surface area contributed by atoms with E-state index < -0.39 is 63.0 Å². The first-order chi connectivity index (χ1) is 16.9. The highest BCUT2D eigenvalue weighted by molar-refractivity contribution is 7.82. The van der Waals surface area contributed by atoms with E-state index in [2.05, 4.69) is 46.4 Å². The van der Waals surface area contributed by atoms with Crippen LogP contribution >= 0.6 is 14.3 Å². The lowest BCUT2D eigenvalue weighted by Gasteiger charge is -2.33. The number of carboxylic acid groups (broad SMARTS) is 1. The molecule has 0 radical (unpaired) electrons. The minimum atomic E-state index is -3.35. The molecule has 0 aromatic heterocycles. The molecule has 13 heteroatoms. The van der Waals surface area contributed by atoms with E-state index in [1.807, 2.05) is 0 Å². The zero-order valence-corrected chi connectivity index (χ0v) is 22.3. The van der Waals surface area contributed by atoms with Crippen molar-refractivity contribution in [1.82, 2.24) is 10.6 Å². The van der Waals surface area contributed by atoms with Gasteiger partial charge in [-0.05, 0) is 6.42 Å². The molecule has 11 nitrogen and oxygen atoms in total. The summed E-state index contributed by atoms with van der Waals surface area (Å²) in [5.74, 6) is -2.76. The Balaban J connectivity index is 5.56. The third-order valence-electron chi connectivity index (χ3n) is 4.88. The van der Waals surface area contributed by atoms with Gasteiger partial charge in [0.05, 0.1) is 0 Å². The summed E-state index contributed by atoms with van der Waals surface area (Å²) in [6, 6.07) is -1.51. The number of ether oxygens (including phenoxy) is 2. The highest BCUT2D eigenvalue weighted by atomic mass is 31.2. The number of esters is 1. The molecule has 0 aliphatic rings. The Labute approximate surface area is 211 Å². The number of aliphatic carboxylic acids is 1. The SMILES string of the molecule is C=CCP(=O)(CC=C)C(NC(=O)CC[C@H](NC(=O)OCOC(=O)CC)C(=O)O)P(=O)(CC=C)CC=C. The lowest BCUT2D eigenvalue weighted by Crippen LogP contribution is -2.43. The second-order valence-corrected chi connectivity index (χ2v) is 14.4. The molecule has 0 rings (SSSR count). The molecule has 0 fully saturated rings. The third-order valence-corrected chi connectivity index (χ3v) is 13.0. The topological polar surface area (TPSA) is 165 Å². The Morgan fingerprint density at radius 3 is 1.72 bits per heavy atom. The minimum Gasteiger partial charge on any atom is -0.480 e. The van der Waals surface area contributed by atoms with Crippen molar-refractivity contribution < 1.29 is 42.9 Å². The first kappa shape index (κ1) is 33.1. The Morgan fingerprint density at radius 1 is 0.861 bits per heavy atom. The summed E-state index contributed by atoms with van der Waals surface area (Å²) in [4.78, 5) is 47.2. The molecular formula is C23H36N2O9P2. The Hall–Kier alpha value is -2.90. The Morgan fingerprint density at radius 2 is 1.33 bits per heavy atom. The lowest BCUT2D eigenvalue weighted by molar-refractivity contribution is -0.152. The molecule has 0 aliphatic carbocycles. The van der Waals surface area contributed by atoms with Gasteiger partial charge < -0.3 is 34.3 Å². The molecule has 0 aromatic carbocycles. The highest BCUT2D eigenvalue weighted by Crippen LogP contribution is 2.67. The van der Waals surface area contributed by atoms with Crippen LogP contribution in [0.1, 0.15) is 26.2 Å². The van der Waals surface area contributed by atoms with Gasteiger partial charge in [-0.25, -0.2) is 9.59 Å². The fourth-order valence-corrected chi connectivity index (χ4v) is 11.0. The summed E-state index contributed by atoms with van der Waals surface area (Å²) < 4.78 is 36.8. The van der Waals surface area contributed by atoms with Crippen molar-refractivity contribution in [2.24, 2.45) is 0 Å². The average molecular weight is 546 g/mol. The van der Waals surface area contributed by atoms with Crippen LogP contribution in [0.5, 0.6) is 0 Å². The first-order valence-corrected chi connectivity index (χ1v) is 15.4. The van der Waals surface area contributed by atoms with E-state index in [1.54, 1.807) is 6.92 Å². The number of rotatable bonds is 19. The predicted octanol–water partition coefficient (Wildman–Crippen LogP) is 3.73. The molecule has 1 atom stereocenters. The maximum Gasteiger partial charge on any atom is 0.410 e. The van der Waals surface area contributed by atoms with Crippen LogP contribution in [0.3, 0.4) is 0 Å². The van der Waals surface area contributed by atoms with E-state index in [0.29, 0.717) is 0 Å². The monoisotopic (exact) mass is 546 g/mol. The number of allylic oxidation sites excluding steroid dienone is 4. The van der Waals surface area contributed by atoms with Crippen LogP contribution in [0.15, 0.2) is 50.6 Å². The van der Waals surface area contributed by atoms with Crippen LogP contribution in [0.4, 0.5) is 4.79 Å². The van der Waals surface area contributed by atoms with Crippen molar-refractivity contribution >= 4 is 38.2 Å². The van der Waals surface area contributed by atoms with E-state index >= 15 is 0 Å². The van der Waals surface area contributed by atoms with Gasteiger partial charge in [-0.1, -0.05) is 31.2 Å². The quantitative estimate of drug-likeness (QED) is 0.0947. The van der Waals surface area contributed by atoms with Crippen molar-refractivity contribution in [2.45, 2.75) is 37.8 Å². The molecule has 2 amide bonds. The summed E-state index contributed by atoms with van der Waals surface area (Å²) in [5.41, 5.74) is -1.22. The summed E-state index contributed by atoms with van der Waals surface area (Å²) in [6.45, 7) is 15.3. The summed E-state index contributed by atoms with van der Waals surface area (Å²) >= 11 is 0. The number of hydrogen-bond donors (Lipinski definition) is 3. The van der Waals surface area contributed by atoms with Gasteiger partial charge >= 0.3 is 18.0 Å². The van der Waals surface area contributed by atoms with E-state index in [0.717, 1.165) is 0 Å². The number of carbonyl (C=O) groups excluding carboxylic acids is 3. The van der Waals surface area contributed by atoms with Crippen LogP contribution < -0.4 is 10.6 Å². The molecule has 0 saturated heterocycles. The van der Waals surface area contributed by atoms with Gasteiger partial charge in [-0.3, -0.25) is 9.59 Å². The van der Waals surface area contributed by atoms with Crippen molar-refractivity contribution in [3.05, 3.63) is 50.6 Å². The summed E-state index contributed by atoms with van der Waals surface area (Å²) in [7, 11) is -6.70. The molecular weight excluding hydrogens is 510 g/mol. The molecule has 0 bridgehead atoms. The fraction of sp³-hybridized carbons (Fsp3) is 0.478. The van der Waals surface area contributed by atoms with E-state index in [-0.39, 0.29) is 37.5 Å². The largest absolute Gasteiger partial charge is 0.480 e. The smallest absolute Gasteiger partial charge is 0.410 e. The number of nitrogens with one attached hydrogen (secondary N) is 2. The second kappa shape index (κ2) is 16.7. The minimum absolute atomic E-state index is 0.00397. The molecule has 0 aromatic rings. The molecule has 0 aliphatic heterocycles. The zero-order valence-electron chi connectivity index (χ0n) is 20.6. The molecule has 3 N–H and O–H groups in total. The zero-order chi connectivity index (χ0) is 27.8. The van der Waals surface area contributed by atoms with Crippen LogP contribution in [0.25, 0.3) is 0 Å². The third kappa shape index (κ3) is 11.2. The van der Waals surface area contributed by atoms with Crippen LogP contribution in [-0.4, -0.2) is 72.1 Å².